The molecule has 1 aliphatic rings. The highest BCUT2D eigenvalue weighted by Gasteiger charge is 2.44. The summed E-state index contributed by atoms with van der Waals surface area (Å²) in [5, 5.41) is 4.17. The van der Waals surface area contributed by atoms with Crippen LogP contribution in [0.1, 0.15) is 31.7 Å². The molecule has 0 bridgehead atoms. The number of nitrogens with zero attached hydrogens (tertiary/aromatic N) is 2. The molecule has 1 aromatic rings. The molecular weight excluding hydrogens is 174 g/mol. The lowest BCUT2D eigenvalue weighted by Crippen LogP contribution is -2.28. The van der Waals surface area contributed by atoms with Crippen molar-refractivity contribution in [2.45, 2.75) is 38.6 Å². The van der Waals surface area contributed by atoms with E-state index in [9.17, 15) is 0 Å². The lowest BCUT2D eigenvalue weighted by Gasteiger charge is -2.18. The Balaban J connectivity index is 1.89. The maximum Gasteiger partial charge on any atom is 0.0521 e. The van der Waals surface area contributed by atoms with Gasteiger partial charge in [-0.1, -0.05) is 0 Å². The fourth-order valence-corrected chi connectivity index (χ4v) is 2.09. The molecule has 78 valence electrons. The monoisotopic (exact) mass is 193 g/mol. The van der Waals surface area contributed by atoms with E-state index >= 15 is 0 Å². The zero-order valence-corrected chi connectivity index (χ0v) is 9.03. The standard InChI is InChI=1S/C11H19N3/c1-9(12)11(5-6-11)4-3-10-7-13-14(2)8-10/h7-9H,3-6,12H2,1-2H3. The van der Waals surface area contributed by atoms with Crippen LogP contribution < -0.4 is 5.73 Å². The molecule has 14 heavy (non-hydrogen) atoms. The molecule has 1 unspecified atom stereocenters. The molecule has 1 heterocycles. The molecule has 2 rings (SSSR count). The van der Waals surface area contributed by atoms with Gasteiger partial charge >= 0.3 is 0 Å². The Morgan fingerprint density at radius 1 is 1.64 bits per heavy atom. The molecule has 3 nitrogen and oxygen atoms in total. The SMILES string of the molecule is CC(N)C1(CCc2cnn(C)c2)CC1. The van der Waals surface area contributed by atoms with Crippen molar-refractivity contribution in [1.82, 2.24) is 9.78 Å². The van der Waals surface area contributed by atoms with Crippen LogP contribution in [0.15, 0.2) is 12.4 Å². The van der Waals surface area contributed by atoms with Gasteiger partial charge in [0.1, 0.15) is 0 Å². The first-order valence-electron chi connectivity index (χ1n) is 5.35. The Labute approximate surface area is 85.3 Å². The Kier molecular flexibility index (Phi) is 2.35. The van der Waals surface area contributed by atoms with Crippen molar-refractivity contribution in [3.05, 3.63) is 18.0 Å². The van der Waals surface area contributed by atoms with E-state index in [0.717, 1.165) is 6.42 Å². The van der Waals surface area contributed by atoms with E-state index < -0.39 is 0 Å². The predicted molar refractivity (Wildman–Crippen MR) is 56.8 cm³/mol. The lowest BCUT2D eigenvalue weighted by molar-refractivity contribution is 0.390. The van der Waals surface area contributed by atoms with Crippen LogP contribution in [-0.4, -0.2) is 15.8 Å². The number of nitrogens with two attached hydrogens (primary N) is 1. The highest BCUT2D eigenvalue weighted by Crippen LogP contribution is 2.51. The number of aryl methyl sites for hydroxylation is 2. The molecule has 0 radical (unpaired) electrons. The second kappa shape index (κ2) is 3.39. The summed E-state index contributed by atoms with van der Waals surface area (Å²) in [6, 6.07) is 0.346. The molecule has 2 N–H and O–H groups in total. The number of aromatic nitrogens is 2. The van der Waals surface area contributed by atoms with Crippen molar-refractivity contribution >= 4 is 0 Å². The van der Waals surface area contributed by atoms with Crippen LogP contribution in [0, 0.1) is 5.41 Å². The third-order valence-electron chi connectivity index (χ3n) is 3.53. The van der Waals surface area contributed by atoms with Crippen molar-refractivity contribution in [3.8, 4) is 0 Å². The van der Waals surface area contributed by atoms with Crippen LogP contribution in [0.3, 0.4) is 0 Å². The van der Waals surface area contributed by atoms with E-state index in [-0.39, 0.29) is 0 Å². The van der Waals surface area contributed by atoms with E-state index in [0.29, 0.717) is 11.5 Å². The second-order valence-electron chi connectivity index (χ2n) is 4.67. The second-order valence-corrected chi connectivity index (χ2v) is 4.67. The van der Waals surface area contributed by atoms with Gasteiger partial charge in [0.2, 0.25) is 0 Å². The van der Waals surface area contributed by atoms with Crippen molar-refractivity contribution in [2.75, 3.05) is 0 Å². The summed E-state index contributed by atoms with van der Waals surface area (Å²) in [7, 11) is 1.96. The van der Waals surface area contributed by atoms with Crippen molar-refractivity contribution < 1.29 is 0 Å². The van der Waals surface area contributed by atoms with Crippen molar-refractivity contribution in [1.29, 1.82) is 0 Å². The molecule has 0 amide bonds. The molecule has 0 spiro atoms. The van der Waals surface area contributed by atoms with E-state index in [1.807, 2.05) is 17.9 Å². The van der Waals surface area contributed by atoms with Crippen LogP contribution >= 0.6 is 0 Å². The van der Waals surface area contributed by atoms with Gasteiger partial charge in [-0.3, -0.25) is 4.68 Å². The lowest BCUT2D eigenvalue weighted by atomic mass is 9.91. The number of rotatable bonds is 4. The van der Waals surface area contributed by atoms with E-state index in [1.165, 1.54) is 24.8 Å². The molecule has 1 saturated carbocycles. The fraction of sp³-hybridized carbons (Fsp3) is 0.727. The molecule has 1 aliphatic carbocycles. The van der Waals surface area contributed by atoms with Gasteiger partial charge in [-0.05, 0) is 43.6 Å². The molecular formula is C11H19N3. The van der Waals surface area contributed by atoms with E-state index in [1.54, 1.807) is 0 Å². The number of hydrogen-bond donors (Lipinski definition) is 1. The quantitative estimate of drug-likeness (QED) is 0.787. The summed E-state index contributed by atoms with van der Waals surface area (Å²) in [6.45, 7) is 2.14. The van der Waals surface area contributed by atoms with E-state index in [2.05, 4.69) is 18.2 Å². The highest BCUT2D eigenvalue weighted by atomic mass is 15.2. The van der Waals surface area contributed by atoms with Gasteiger partial charge in [0, 0.05) is 19.3 Å². The van der Waals surface area contributed by atoms with Crippen molar-refractivity contribution in [3.63, 3.8) is 0 Å². The van der Waals surface area contributed by atoms with Gasteiger partial charge in [0.25, 0.3) is 0 Å². The van der Waals surface area contributed by atoms with Gasteiger partial charge in [-0.15, -0.1) is 0 Å². The maximum absolute atomic E-state index is 5.98. The Morgan fingerprint density at radius 3 is 2.79 bits per heavy atom. The molecule has 0 saturated heterocycles. The summed E-state index contributed by atoms with van der Waals surface area (Å²) < 4.78 is 1.86. The van der Waals surface area contributed by atoms with Gasteiger partial charge < -0.3 is 5.73 Å². The molecule has 1 atom stereocenters. The average molecular weight is 193 g/mol. The largest absolute Gasteiger partial charge is 0.327 e. The van der Waals surface area contributed by atoms with Crippen LogP contribution in [-0.2, 0) is 13.5 Å². The summed E-state index contributed by atoms with van der Waals surface area (Å²) in [5.41, 5.74) is 7.77. The minimum absolute atomic E-state index is 0.346. The zero-order valence-electron chi connectivity index (χ0n) is 9.03. The topological polar surface area (TPSA) is 43.8 Å². The Morgan fingerprint density at radius 2 is 2.36 bits per heavy atom. The summed E-state index contributed by atoms with van der Waals surface area (Å²) in [5.74, 6) is 0. The first-order valence-corrected chi connectivity index (χ1v) is 5.35. The van der Waals surface area contributed by atoms with Gasteiger partial charge in [0.15, 0.2) is 0 Å². The Hall–Kier alpha value is -0.830. The molecule has 0 aromatic carbocycles. The van der Waals surface area contributed by atoms with Crippen LogP contribution in [0.5, 0.6) is 0 Å². The minimum atomic E-state index is 0.346. The zero-order chi connectivity index (χ0) is 10.2. The predicted octanol–water partition coefficient (Wildman–Crippen LogP) is 1.48. The molecule has 3 heteroatoms. The van der Waals surface area contributed by atoms with Gasteiger partial charge in [-0.2, -0.15) is 5.10 Å². The third-order valence-corrected chi connectivity index (χ3v) is 3.53. The van der Waals surface area contributed by atoms with Crippen LogP contribution in [0.25, 0.3) is 0 Å². The average Bonchev–Trinajstić information content (AvgIpc) is 2.82. The van der Waals surface area contributed by atoms with Crippen LogP contribution in [0.2, 0.25) is 0 Å². The first-order chi connectivity index (χ1) is 6.62. The van der Waals surface area contributed by atoms with Crippen molar-refractivity contribution in [2.24, 2.45) is 18.2 Å². The Bertz CT molecular complexity index is 310. The summed E-state index contributed by atoms with van der Waals surface area (Å²) in [6.07, 6.45) is 9.01. The van der Waals surface area contributed by atoms with Crippen LogP contribution in [0.4, 0.5) is 0 Å². The molecule has 0 aliphatic heterocycles. The van der Waals surface area contributed by atoms with Gasteiger partial charge in [-0.25, -0.2) is 0 Å². The minimum Gasteiger partial charge on any atom is -0.327 e. The third kappa shape index (κ3) is 1.82. The molecule has 1 fully saturated rings. The van der Waals surface area contributed by atoms with Gasteiger partial charge in [0.05, 0.1) is 6.20 Å². The summed E-state index contributed by atoms with van der Waals surface area (Å²) in [4.78, 5) is 0. The molecule has 1 aromatic heterocycles. The normalized spacial score (nSPS) is 20.8. The first kappa shape index (κ1) is 9.71. The maximum atomic E-state index is 5.98. The summed E-state index contributed by atoms with van der Waals surface area (Å²) >= 11 is 0. The smallest absolute Gasteiger partial charge is 0.0521 e. The van der Waals surface area contributed by atoms with E-state index in [4.69, 9.17) is 5.73 Å². The number of hydrogen-bond acceptors (Lipinski definition) is 2. The highest BCUT2D eigenvalue weighted by molar-refractivity contribution is 5.07. The fourth-order valence-electron chi connectivity index (χ4n) is 2.09.